The average Bonchev–Trinajstić information content (AvgIpc) is 3.04. The predicted molar refractivity (Wildman–Crippen MR) is 113 cm³/mol. The highest BCUT2D eigenvalue weighted by Gasteiger charge is 2.33. The summed E-state index contributed by atoms with van der Waals surface area (Å²) in [5.41, 5.74) is 0.386. The Morgan fingerprint density at radius 3 is 2.42 bits per heavy atom. The molecular formula is C18H38IN3O2. The van der Waals surface area contributed by atoms with E-state index in [-0.39, 0.29) is 24.0 Å². The number of halogens is 1. The Morgan fingerprint density at radius 1 is 1.08 bits per heavy atom. The van der Waals surface area contributed by atoms with Gasteiger partial charge in [-0.05, 0) is 37.5 Å². The topological polar surface area (TPSA) is 54.9 Å². The Morgan fingerprint density at radius 2 is 1.79 bits per heavy atom. The zero-order valence-electron chi connectivity index (χ0n) is 15.9. The summed E-state index contributed by atoms with van der Waals surface area (Å²) in [5.74, 6) is 0.905. The van der Waals surface area contributed by atoms with Gasteiger partial charge in [-0.1, -0.05) is 26.2 Å². The van der Waals surface area contributed by atoms with Crippen LogP contribution in [-0.2, 0) is 9.47 Å². The standard InChI is InChI=1S/C18H37N3O2.HI/c1-4-5-13-23-14-8-12-20-17(19-2)21-16-18(11-15-22-3)9-6-7-10-18;/h4-16H2,1-3H3,(H2,19,20,21);1H. The number of nitrogens with one attached hydrogen (secondary N) is 2. The zero-order valence-corrected chi connectivity index (χ0v) is 18.2. The van der Waals surface area contributed by atoms with Crippen LogP contribution in [0.1, 0.15) is 58.3 Å². The van der Waals surface area contributed by atoms with Crippen molar-refractivity contribution >= 4 is 29.9 Å². The molecule has 0 aromatic heterocycles. The van der Waals surface area contributed by atoms with Crippen LogP contribution in [0.15, 0.2) is 4.99 Å². The van der Waals surface area contributed by atoms with E-state index < -0.39 is 0 Å². The molecule has 144 valence electrons. The number of ether oxygens (including phenoxy) is 2. The van der Waals surface area contributed by atoms with Crippen molar-refractivity contribution in [1.82, 2.24) is 10.6 Å². The smallest absolute Gasteiger partial charge is 0.190 e. The van der Waals surface area contributed by atoms with Crippen LogP contribution < -0.4 is 10.6 Å². The third-order valence-corrected chi connectivity index (χ3v) is 4.76. The second kappa shape index (κ2) is 15.2. The molecule has 2 N–H and O–H groups in total. The molecule has 1 rings (SSSR count). The first kappa shape index (κ1) is 23.9. The molecule has 0 aromatic rings. The molecule has 0 radical (unpaired) electrons. The van der Waals surface area contributed by atoms with Crippen molar-refractivity contribution in [1.29, 1.82) is 0 Å². The van der Waals surface area contributed by atoms with Gasteiger partial charge in [-0.15, -0.1) is 24.0 Å². The van der Waals surface area contributed by atoms with Gasteiger partial charge in [0.15, 0.2) is 5.96 Å². The molecule has 0 bridgehead atoms. The lowest BCUT2D eigenvalue weighted by Crippen LogP contribution is -2.43. The third-order valence-electron chi connectivity index (χ3n) is 4.76. The molecule has 0 heterocycles. The Bertz CT molecular complexity index is 321. The normalized spacial score (nSPS) is 16.7. The van der Waals surface area contributed by atoms with Gasteiger partial charge in [0, 0.05) is 47.1 Å². The van der Waals surface area contributed by atoms with Gasteiger partial charge >= 0.3 is 0 Å². The number of hydrogen-bond donors (Lipinski definition) is 2. The van der Waals surface area contributed by atoms with Crippen LogP contribution in [0, 0.1) is 5.41 Å². The van der Waals surface area contributed by atoms with Gasteiger partial charge in [0.2, 0.25) is 0 Å². The summed E-state index contributed by atoms with van der Waals surface area (Å²) in [4.78, 5) is 4.33. The minimum atomic E-state index is 0. The summed E-state index contributed by atoms with van der Waals surface area (Å²) >= 11 is 0. The van der Waals surface area contributed by atoms with Crippen LogP contribution in [-0.4, -0.2) is 53.0 Å². The molecule has 1 aliphatic rings. The first-order valence-electron chi connectivity index (χ1n) is 9.27. The summed E-state index contributed by atoms with van der Waals surface area (Å²) in [6.07, 6.45) is 9.77. The summed E-state index contributed by atoms with van der Waals surface area (Å²) in [7, 11) is 3.63. The third kappa shape index (κ3) is 10.0. The highest BCUT2D eigenvalue weighted by Crippen LogP contribution is 2.40. The minimum absolute atomic E-state index is 0. The molecule has 0 aromatic carbocycles. The molecule has 0 spiro atoms. The number of rotatable bonds is 12. The van der Waals surface area contributed by atoms with Gasteiger partial charge in [-0.3, -0.25) is 4.99 Å². The molecule has 0 atom stereocenters. The van der Waals surface area contributed by atoms with Crippen LogP contribution in [0.25, 0.3) is 0 Å². The molecule has 1 fully saturated rings. The highest BCUT2D eigenvalue weighted by atomic mass is 127. The molecule has 1 saturated carbocycles. The summed E-state index contributed by atoms with van der Waals surface area (Å²) < 4.78 is 10.9. The molecule has 0 saturated heterocycles. The molecule has 6 heteroatoms. The zero-order chi connectivity index (χ0) is 16.8. The molecule has 0 unspecified atom stereocenters. The number of hydrogen-bond acceptors (Lipinski definition) is 3. The summed E-state index contributed by atoms with van der Waals surface area (Å²) in [6, 6.07) is 0. The van der Waals surface area contributed by atoms with E-state index in [1.807, 2.05) is 7.05 Å². The fourth-order valence-corrected chi connectivity index (χ4v) is 3.18. The second-order valence-corrected chi connectivity index (χ2v) is 6.62. The Kier molecular flexibility index (Phi) is 15.1. The van der Waals surface area contributed by atoms with Gasteiger partial charge in [0.05, 0.1) is 0 Å². The predicted octanol–water partition coefficient (Wildman–Crippen LogP) is 3.57. The van der Waals surface area contributed by atoms with Crippen LogP contribution in [0.5, 0.6) is 0 Å². The Labute approximate surface area is 165 Å². The molecule has 1 aliphatic carbocycles. The van der Waals surface area contributed by atoms with Crippen molar-refractivity contribution in [3.05, 3.63) is 0 Å². The van der Waals surface area contributed by atoms with Gasteiger partial charge < -0.3 is 20.1 Å². The Balaban J connectivity index is 0.00000529. The maximum absolute atomic E-state index is 5.58. The first-order valence-corrected chi connectivity index (χ1v) is 9.27. The molecule has 0 amide bonds. The lowest BCUT2D eigenvalue weighted by molar-refractivity contribution is 0.129. The maximum Gasteiger partial charge on any atom is 0.190 e. The van der Waals surface area contributed by atoms with Crippen molar-refractivity contribution in [2.45, 2.75) is 58.3 Å². The van der Waals surface area contributed by atoms with E-state index in [1.54, 1.807) is 7.11 Å². The van der Waals surface area contributed by atoms with E-state index in [0.717, 1.165) is 58.1 Å². The van der Waals surface area contributed by atoms with Crippen molar-refractivity contribution < 1.29 is 9.47 Å². The summed E-state index contributed by atoms with van der Waals surface area (Å²) in [5, 5.41) is 6.90. The van der Waals surface area contributed by atoms with E-state index in [2.05, 4.69) is 22.5 Å². The van der Waals surface area contributed by atoms with Gasteiger partial charge in [0.1, 0.15) is 0 Å². The van der Waals surface area contributed by atoms with E-state index >= 15 is 0 Å². The number of guanidine groups is 1. The van der Waals surface area contributed by atoms with Crippen molar-refractivity contribution in [3.8, 4) is 0 Å². The second-order valence-electron chi connectivity index (χ2n) is 6.62. The number of aliphatic imine (C=N–C) groups is 1. The lowest BCUT2D eigenvalue weighted by atomic mass is 9.83. The highest BCUT2D eigenvalue weighted by molar-refractivity contribution is 14.0. The fourth-order valence-electron chi connectivity index (χ4n) is 3.18. The molecule has 5 nitrogen and oxygen atoms in total. The van der Waals surface area contributed by atoms with E-state index in [4.69, 9.17) is 9.47 Å². The molecular weight excluding hydrogens is 417 g/mol. The molecule has 0 aliphatic heterocycles. The average molecular weight is 455 g/mol. The summed E-state index contributed by atoms with van der Waals surface area (Å²) in [6.45, 7) is 6.63. The minimum Gasteiger partial charge on any atom is -0.385 e. The van der Waals surface area contributed by atoms with Crippen molar-refractivity contribution in [2.24, 2.45) is 10.4 Å². The fraction of sp³-hybridized carbons (Fsp3) is 0.944. The SMILES string of the molecule is CCCCOCCCNC(=NC)NCC1(CCOC)CCCC1.I. The molecule has 24 heavy (non-hydrogen) atoms. The number of methoxy groups -OCH3 is 1. The quantitative estimate of drug-likeness (QED) is 0.205. The van der Waals surface area contributed by atoms with Crippen LogP contribution in [0.3, 0.4) is 0 Å². The van der Waals surface area contributed by atoms with Gasteiger partial charge in [-0.2, -0.15) is 0 Å². The number of nitrogens with zero attached hydrogens (tertiary/aromatic N) is 1. The van der Waals surface area contributed by atoms with Crippen molar-refractivity contribution in [2.75, 3.05) is 47.1 Å². The van der Waals surface area contributed by atoms with Crippen LogP contribution in [0.2, 0.25) is 0 Å². The lowest BCUT2D eigenvalue weighted by Gasteiger charge is -2.30. The van der Waals surface area contributed by atoms with Gasteiger partial charge in [-0.25, -0.2) is 0 Å². The van der Waals surface area contributed by atoms with Gasteiger partial charge in [0.25, 0.3) is 0 Å². The van der Waals surface area contributed by atoms with Crippen molar-refractivity contribution in [3.63, 3.8) is 0 Å². The number of unbranched alkanes of at least 4 members (excludes halogenated alkanes) is 1. The maximum atomic E-state index is 5.58. The van der Waals surface area contributed by atoms with Crippen LogP contribution in [0.4, 0.5) is 0 Å². The van der Waals surface area contributed by atoms with E-state index in [0.29, 0.717) is 5.41 Å². The van der Waals surface area contributed by atoms with E-state index in [1.165, 1.54) is 32.1 Å². The largest absolute Gasteiger partial charge is 0.385 e. The Hall–Kier alpha value is -0.0800. The van der Waals surface area contributed by atoms with E-state index in [9.17, 15) is 0 Å². The monoisotopic (exact) mass is 455 g/mol. The first-order chi connectivity index (χ1) is 11.3. The van der Waals surface area contributed by atoms with Crippen LogP contribution >= 0.6 is 24.0 Å².